The first-order valence-corrected chi connectivity index (χ1v) is 25.6. The average molecular weight is 912 g/mol. The van der Waals surface area contributed by atoms with E-state index < -0.39 is 10.0 Å². The lowest BCUT2D eigenvalue weighted by Crippen LogP contribution is -2.07. The van der Waals surface area contributed by atoms with Gasteiger partial charge in [0.25, 0.3) is 0 Å². The SMILES string of the molecule is c1ccc(-c2cccc3c2c2ccccc2n3-c2ccc3c(c2)c2ccccc2n3-c2cccc(S(c3ccccc3)(c3ccccc3)c3cccc(-n4c5ccccc5c5ccccc54)c3)c2)cc1. The van der Waals surface area contributed by atoms with Crippen LogP contribution in [0.4, 0.5) is 0 Å². The largest absolute Gasteiger partial charge is 0.309 e. The second-order valence-corrected chi connectivity index (χ2v) is 21.2. The minimum absolute atomic E-state index is 1.13. The second kappa shape index (κ2) is 16.2. The van der Waals surface area contributed by atoms with Gasteiger partial charge in [0, 0.05) is 69.0 Å². The van der Waals surface area contributed by atoms with Crippen LogP contribution in [-0.4, -0.2) is 13.7 Å². The van der Waals surface area contributed by atoms with Crippen molar-refractivity contribution in [3.05, 3.63) is 273 Å². The van der Waals surface area contributed by atoms with E-state index >= 15 is 0 Å². The van der Waals surface area contributed by atoms with Gasteiger partial charge in [0.1, 0.15) is 0 Å². The number of aromatic nitrogens is 3. The van der Waals surface area contributed by atoms with Gasteiger partial charge in [0.05, 0.1) is 33.1 Å². The van der Waals surface area contributed by atoms with E-state index in [0.29, 0.717) is 0 Å². The van der Waals surface area contributed by atoms with Crippen molar-refractivity contribution in [2.75, 3.05) is 0 Å². The van der Waals surface area contributed by atoms with Crippen LogP contribution in [0.25, 0.3) is 93.6 Å². The topological polar surface area (TPSA) is 14.8 Å². The van der Waals surface area contributed by atoms with Crippen molar-refractivity contribution in [3.63, 3.8) is 0 Å². The molecule has 14 rings (SSSR count). The fourth-order valence-corrected chi connectivity index (χ4v) is 15.4. The van der Waals surface area contributed by atoms with Crippen LogP contribution >= 0.6 is 10.0 Å². The highest BCUT2D eigenvalue weighted by Crippen LogP contribution is 2.73. The minimum Gasteiger partial charge on any atom is -0.309 e. The molecule has 0 aliphatic rings. The van der Waals surface area contributed by atoms with Crippen LogP contribution in [0.2, 0.25) is 0 Å². The maximum atomic E-state index is 2.48. The van der Waals surface area contributed by atoms with Gasteiger partial charge in [-0.1, -0.05) is 164 Å². The Morgan fingerprint density at radius 1 is 0.229 bits per heavy atom. The van der Waals surface area contributed by atoms with Crippen LogP contribution in [0, 0.1) is 0 Å². The molecule has 70 heavy (non-hydrogen) atoms. The van der Waals surface area contributed by atoms with Crippen LogP contribution in [0.15, 0.2) is 293 Å². The summed E-state index contributed by atoms with van der Waals surface area (Å²) < 4.78 is 7.37. The molecular formula is C66H45N3S. The van der Waals surface area contributed by atoms with Gasteiger partial charge in [-0.2, -0.15) is 0 Å². The van der Waals surface area contributed by atoms with Gasteiger partial charge in [-0.3, -0.25) is 0 Å². The normalized spacial score (nSPS) is 12.2. The number of hydrogen-bond acceptors (Lipinski definition) is 0. The maximum Gasteiger partial charge on any atom is 0.0547 e. The minimum atomic E-state index is -2.08. The lowest BCUT2D eigenvalue weighted by molar-refractivity contribution is 1.13. The summed E-state index contributed by atoms with van der Waals surface area (Å²) in [5.74, 6) is 0. The Kier molecular flexibility index (Phi) is 9.29. The van der Waals surface area contributed by atoms with E-state index in [1.165, 1.54) is 96.1 Å². The van der Waals surface area contributed by atoms with Gasteiger partial charge in [-0.15, -0.1) is 10.0 Å². The first kappa shape index (κ1) is 40.3. The molecule has 14 aromatic rings. The molecule has 3 aromatic heterocycles. The lowest BCUT2D eigenvalue weighted by atomic mass is 9.99. The number of nitrogens with zero attached hydrogens (tertiary/aromatic N) is 3. The molecular weight excluding hydrogens is 867 g/mol. The van der Waals surface area contributed by atoms with E-state index in [4.69, 9.17) is 0 Å². The van der Waals surface area contributed by atoms with Gasteiger partial charge in [0.2, 0.25) is 0 Å². The van der Waals surface area contributed by atoms with Crippen molar-refractivity contribution >= 4 is 75.4 Å². The van der Waals surface area contributed by atoms with Crippen molar-refractivity contribution in [1.29, 1.82) is 0 Å². The molecule has 0 saturated heterocycles. The molecule has 0 N–H and O–H groups in total. The molecule has 0 spiro atoms. The van der Waals surface area contributed by atoms with Gasteiger partial charge in [-0.05, 0) is 120 Å². The van der Waals surface area contributed by atoms with E-state index in [2.05, 4.69) is 287 Å². The number of fused-ring (bicyclic) bond motifs is 9. The molecule has 0 atom stereocenters. The van der Waals surface area contributed by atoms with Gasteiger partial charge < -0.3 is 13.7 Å². The molecule has 3 heterocycles. The number of benzene rings is 11. The van der Waals surface area contributed by atoms with Gasteiger partial charge >= 0.3 is 0 Å². The summed E-state index contributed by atoms with van der Waals surface area (Å²) in [6, 6.07) is 101. The fourth-order valence-electron chi connectivity index (χ4n) is 11.4. The molecule has 0 fully saturated rings. The van der Waals surface area contributed by atoms with E-state index in [1.807, 2.05) is 0 Å². The van der Waals surface area contributed by atoms with E-state index in [9.17, 15) is 0 Å². The third-order valence-corrected chi connectivity index (χ3v) is 18.2. The molecule has 0 aliphatic carbocycles. The summed E-state index contributed by atoms with van der Waals surface area (Å²) in [4.78, 5) is 5.11. The summed E-state index contributed by atoms with van der Waals surface area (Å²) in [5.41, 5.74) is 13.0. The zero-order valence-electron chi connectivity index (χ0n) is 38.2. The summed E-state index contributed by atoms with van der Waals surface area (Å²) in [5, 5.41) is 7.47. The molecule has 0 amide bonds. The Morgan fingerprint density at radius 3 is 1.14 bits per heavy atom. The molecule has 0 aliphatic heterocycles. The fraction of sp³-hybridized carbons (Fsp3) is 0. The third-order valence-electron chi connectivity index (χ3n) is 14.3. The molecule has 0 bridgehead atoms. The zero-order chi connectivity index (χ0) is 46.2. The lowest BCUT2D eigenvalue weighted by Gasteiger charge is -2.42. The molecule has 0 radical (unpaired) electrons. The van der Waals surface area contributed by atoms with Crippen LogP contribution in [0.5, 0.6) is 0 Å². The van der Waals surface area contributed by atoms with E-state index in [1.54, 1.807) is 0 Å². The smallest absolute Gasteiger partial charge is 0.0547 e. The van der Waals surface area contributed by atoms with Crippen LogP contribution in [0.1, 0.15) is 0 Å². The predicted molar refractivity (Wildman–Crippen MR) is 295 cm³/mol. The molecule has 11 aromatic carbocycles. The highest BCUT2D eigenvalue weighted by molar-refractivity contribution is 8.34. The van der Waals surface area contributed by atoms with Crippen molar-refractivity contribution in [2.24, 2.45) is 0 Å². The van der Waals surface area contributed by atoms with E-state index in [0.717, 1.165) is 17.1 Å². The molecule has 0 saturated carbocycles. The van der Waals surface area contributed by atoms with Crippen molar-refractivity contribution in [2.45, 2.75) is 19.6 Å². The molecule has 3 nitrogen and oxygen atoms in total. The first-order valence-electron chi connectivity index (χ1n) is 24.0. The Bertz CT molecular complexity index is 4200. The second-order valence-electron chi connectivity index (χ2n) is 18.1. The van der Waals surface area contributed by atoms with Gasteiger partial charge in [-0.25, -0.2) is 0 Å². The van der Waals surface area contributed by atoms with Crippen molar-refractivity contribution in [3.8, 4) is 28.2 Å². The number of para-hydroxylation sites is 4. The van der Waals surface area contributed by atoms with Crippen molar-refractivity contribution < 1.29 is 0 Å². The van der Waals surface area contributed by atoms with Crippen LogP contribution in [0.3, 0.4) is 0 Å². The Hall–Kier alpha value is -8.83. The highest BCUT2D eigenvalue weighted by atomic mass is 32.3. The highest BCUT2D eigenvalue weighted by Gasteiger charge is 2.34. The third kappa shape index (κ3) is 6.03. The number of hydrogen-bond donors (Lipinski definition) is 0. The summed E-state index contributed by atoms with van der Waals surface area (Å²) in [6.45, 7) is 0. The maximum absolute atomic E-state index is 2.48. The van der Waals surface area contributed by atoms with Crippen LogP contribution < -0.4 is 0 Å². The Morgan fingerprint density at radius 2 is 0.600 bits per heavy atom. The Labute approximate surface area is 407 Å². The first-order chi connectivity index (χ1) is 34.8. The summed E-state index contributed by atoms with van der Waals surface area (Å²) in [7, 11) is -2.08. The zero-order valence-corrected chi connectivity index (χ0v) is 39.0. The van der Waals surface area contributed by atoms with Crippen molar-refractivity contribution in [1.82, 2.24) is 13.7 Å². The summed E-state index contributed by atoms with van der Waals surface area (Å²) >= 11 is 0. The number of rotatable bonds is 8. The van der Waals surface area contributed by atoms with Gasteiger partial charge in [0.15, 0.2) is 0 Å². The summed E-state index contributed by atoms with van der Waals surface area (Å²) in [6.07, 6.45) is 0. The monoisotopic (exact) mass is 911 g/mol. The molecule has 330 valence electrons. The van der Waals surface area contributed by atoms with Crippen LogP contribution in [-0.2, 0) is 0 Å². The standard InChI is InChI=1S/C66H45N3S/c1-4-21-46(22-5-1)54-35-20-40-65-66(54)58-34-13-17-39-63(58)69(65)49-41-42-64-59(45-49)57-33-12-16-38-62(57)68(64)48-24-19-30-53(44-48)70(50-25-6-2-7-26-50,51-27-8-3-9-28-51)52-29-18-23-47(43-52)67-60-36-14-10-31-55(60)56-32-11-15-37-61(56)67/h1-45H. The molecule has 4 heteroatoms. The molecule has 0 unspecified atom stereocenters. The Balaban J connectivity index is 0.991. The van der Waals surface area contributed by atoms with E-state index in [-0.39, 0.29) is 0 Å². The average Bonchev–Trinajstić information content (AvgIpc) is 4.08. The predicted octanol–water partition coefficient (Wildman–Crippen LogP) is 18.0. The quantitative estimate of drug-likeness (QED) is 0.144.